The number of aryl methyl sites for hydroxylation is 1. The lowest BCUT2D eigenvalue weighted by Gasteiger charge is -2.22. The van der Waals surface area contributed by atoms with Crippen molar-refractivity contribution in [3.63, 3.8) is 0 Å². The summed E-state index contributed by atoms with van der Waals surface area (Å²) in [6.07, 6.45) is 5.56. The molecule has 2 saturated heterocycles. The summed E-state index contributed by atoms with van der Waals surface area (Å²) in [6.45, 7) is 4.86. The van der Waals surface area contributed by atoms with E-state index in [4.69, 9.17) is 4.52 Å². The third-order valence-electron chi connectivity index (χ3n) is 6.36. The second-order valence-corrected chi connectivity index (χ2v) is 8.65. The molecule has 0 saturated carbocycles. The molecule has 0 radical (unpaired) electrons. The maximum absolute atomic E-state index is 12.6. The summed E-state index contributed by atoms with van der Waals surface area (Å²) in [5.41, 5.74) is 4.29. The van der Waals surface area contributed by atoms with Crippen LogP contribution in [-0.4, -0.2) is 35.7 Å². The van der Waals surface area contributed by atoms with Crippen molar-refractivity contribution in [2.45, 2.75) is 44.9 Å². The van der Waals surface area contributed by atoms with E-state index in [9.17, 15) is 4.79 Å². The first-order valence-corrected chi connectivity index (χ1v) is 11.2. The first-order chi connectivity index (χ1) is 15.2. The lowest BCUT2D eigenvalue weighted by molar-refractivity contribution is -0.117. The molecular weight excluding hydrogens is 388 g/mol. The molecule has 0 aliphatic carbocycles. The van der Waals surface area contributed by atoms with Crippen molar-refractivity contribution >= 4 is 17.3 Å². The van der Waals surface area contributed by atoms with E-state index in [1.165, 1.54) is 36.9 Å². The van der Waals surface area contributed by atoms with Crippen LogP contribution in [0.5, 0.6) is 0 Å². The van der Waals surface area contributed by atoms with E-state index in [0.717, 1.165) is 24.3 Å². The van der Waals surface area contributed by atoms with E-state index in [0.29, 0.717) is 24.7 Å². The van der Waals surface area contributed by atoms with Crippen LogP contribution in [0.1, 0.15) is 49.5 Å². The molecule has 31 heavy (non-hydrogen) atoms. The predicted octanol–water partition coefficient (Wildman–Crippen LogP) is 4.95. The quantitative estimate of drug-likeness (QED) is 0.602. The van der Waals surface area contributed by atoms with Gasteiger partial charge in [-0.15, -0.1) is 0 Å². The fraction of sp³-hybridized carbons (Fsp3) is 0.400. The molecule has 2 aromatic carbocycles. The molecule has 5 rings (SSSR count). The fourth-order valence-corrected chi connectivity index (χ4v) is 4.52. The minimum atomic E-state index is -0.0774. The van der Waals surface area contributed by atoms with Gasteiger partial charge in [-0.2, -0.15) is 4.98 Å². The molecule has 2 fully saturated rings. The van der Waals surface area contributed by atoms with E-state index in [-0.39, 0.29) is 11.8 Å². The Hall–Kier alpha value is -3.15. The van der Waals surface area contributed by atoms with Gasteiger partial charge in [-0.1, -0.05) is 35.7 Å². The van der Waals surface area contributed by atoms with Gasteiger partial charge in [-0.3, -0.25) is 4.79 Å². The summed E-state index contributed by atoms with van der Waals surface area (Å²) in [7, 11) is 0. The van der Waals surface area contributed by atoms with Crippen molar-refractivity contribution in [3.05, 3.63) is 60.0 Å². The van der Waals surface area contributed by atoms with Crippen LogP contribution in [0.4, 0.5) is 11.4 Å². The third-order valence-corrected chi connectivity index (χ3v) is 6.36. The minimum Gasteiger partial charge on any atom is -0.372 e. The average Bonchev–Trinajstić information content (AvgIpc) is 3.33. The number of hydrogen-bond acceptors (Lipinski definition) is 5. The van der Waals surface area contributed by atoms with Crippen LogP contribution >= 0.6 is 0 Å². The highest BCUT2D eigenvalue weighted by molar-refractivity contribution is 5.96. The van der Waals surface area contributed by atoms with Gasteiger partial charge in [0.15, 0.2) is 0 Å². The number of rotatable bonds is 4. The van der Waals surface area contributed by atoms with Crippen LogP contribution in [0.3, 0.4) is 0 Å². The summed E-state index contributed by atoms with van der Waals surface area (Å²) >= 11 is 0. The zero-order valence-electron chi connectivity index (χ0n) is 18.0. The first-order valence-electron chi connectivity index (χ1n) is 11.2. The molecule has 160 valence electrons. The molecule has 2 aliphatic heterocycles. The molecule has 1 amide bonds. The van der Waals surface area contributed by atoms with Gasteiger partial charge in [0, 0.05) is 43.0 Å². The third kappa shape index (κ3) is 4.20. The molecule has 6 nitrogen and oxygen atoms in total. The summed E-state index contributed by atoms with van der Waals surface area (Å²) in [5, 5.41) is 4.19. The monoisotopic (exact) mass is 416 g/mol. The normalized spacial score (nSPS) is 19.6. The van der Waals surface area contributed by atoms with Crippen molar-refractivity contribution in [1.29, 1.82) is 0 Å². The first kappa shape index (κ1) is 19.8. The summed E-state index contributed by atoms with van der Waals surface area (Å²) in [4.78, 5) is 21.5. The van der Waals surface area contributed by atoms with Crippen molar-refractivity contribution in [3.8, 4) is 11.4 Å². The predicted molar refractivity (Wildman–Crippen MR) is 121 cm³/mol. The largest absolute Gasteiger partial charge is 0.372 e. The summed E-state index contributed by atoms with van der Waals surface area (Å²) < 4.78 is 5.57. The highest BCUT2D eigenvalue weighted by Gasteiger charge is 2.35. The lowest BCUT2D eigenvalue weighted by atomic mass is 10.1. The minimum absolute atomic E-state index is 0.0774. The van der Waals surface area contributed by atoms with E-state index in [1.807, 2.05) is 36.1 Å². The SMILES string of the molecule is Cc1ccc(N2C[C@@H](c3nc(-c4ccc(N5CCCCCC5)cc4)no3)CC2=O)cc1. The topological polar surface area (TPSA) is 62.5 Å². The van der Waals surface area contributed by atoms with E-state index < -0.39 is 0 Å². The molecule has 1 atom stereocenters. The number of carbonyl (C=O) groups excluding carboxylic acids is 1. The van der Waals surface area contributed by atoms with Crippen LogP contribution in [-0.2, 0) is 4.79 Å². The number of anilines is 2. The molecule has 3 heterocycles. The molecule has 0 bridgehead atoms. The number of nitrogens with zero attached hydrogens (tertiary/aromatic N) is 4. The Labute approximate surface area is 182 Å². The van der Waals surface area contributed by atoms with Gasteiger partial charge in [-0.25, -0.2) is 0 Å². The van der Waals surface area contributed by atoms with Crippen molar-refractivity contribution in [1.82, 2.24) is 10.1 Å². The molecule has 0 N–H and O–H groups in total. The number of amides is 1. The smallest absolute Gasteiger partial charge is 0.232 e. The highest BCUT2D eigenvalue weighted by atomic mass is 16.5. The molecule has 0 unspecified atom stereocenters. The molecular formula is C25H28N4O2. The zero-order chi connectivity index (χ0) is 21.2. The Morgan fingerprint density at radius 3 is 2.29 bits per heavy atom. The maximum Gasteiger partial charge on any atom is 0.232 e. The number of benzene rings is 2. The molecule has 6 heteroatoms. The average molecular weight is 417 g/mol. The molecule has 2 aliphatic rings. The Morgan fingerprint density at radius 2 is 1.58 bits per heavy atom. The van der Waals surface area contributed by atoms with Crippen molar-refractivity contribution < 1.29 is 9.32 Å². The van der Waals surface area contributed by atoms with Gasteiger partial charge in [0.05, 0.1) is 5.92 Å². The Kier molecular flexibility index (Phi) is 5.45. The van der Waals surface area contributed by atoms with Crippen LogP contribution in [0, 0.1) is 6.92 Å². The maximum atomic E-state index is 12.6. The van der Waals surface area contributed by atoms with Gasteiger partial charge >= 0.3 is 0 Å². The fourth-order valence-electron chi connectivity index (χ4n) is 4.52. The van der Waals surface area contributed by atoms with Crippen LogP contribution in [0.2, 0.25) is 0 Å². The molecule has 3 aromatic rings. The van der Waals surface area contributed by atoms with Crippen molar-refractivity contribution in [2.75, 3.05) is 29.4 Å². The highest BCUT2D eigenvalue weighted by Crippen LogP contribution is 2.32. The van der Waals surface area contributed by atoms with Gasteiger partial charge in [0.1, 0.15) is 0 Å². The zero-order valence-corrected chi connectivity index (χ0v) is 18.0. The number of aromatic nitrogens is 2. The second-order valence-electron chi connectivity index (χ2n) is 8.65. The van der Waals surface area contributed by atoms with Crippen LogP contribution in [0.15, 0.2) is 53.1 Å². The van der Waals surface area contributed by atoms with Crippen LogP contribution < -0.4 is 9.80 Å². The van der Waals surface area contributed by atoms with Gasteiger partial charge in [0.25, 0.3) is 0 Å². The summed E-state index contributed by atoms with van der Waals surface area (Å²) in [6, 6.07) is 16.4. The van der Waals surface area contributed by atoms with Gasteiger partial charge < -0.3 is 14.3 Å². The van der Waals surface area contributed by atoms with Gasteiger partial charge in [0.2, 0.25) is 17.6 Å². The van der Waals surface area contributed by atoms with E-state index in [2.05, 4.69) is 39.3 Å². The Morgan fingerprint density at radius 1 is 0.903 bits per heavy atom. The molecule has 1 aromatic heterocycles. The molecule has 0 spiro atoms. The van der Waals surface area contributed by atoms with E-state index >= 15 is 0 Å². The van der Waals surface area contributed by atoms with Gasteiger partial charge in [-0.05, 0) is 56.2 Å². The Balaban J connectivity index is 1.29. The second kappa shape index (κ2) is 8.53. The van der Waals surface area contributed by atoms with Crippen LogP contribution in [0.25, 0.3) is 11.4 Å². The van der Waals surface area contributed by atoms with Crippen molar-refractivity contribution in [2.24, 2.45) is 0 Å². The summed E-state index contributed by atoms with van der Waals surface area (Å²) in [5.74, 6) is 1.13. The Bertz CT molecular complexity index is 1030. The number of carbonyl (C=O) groups is 1. The standard InChI is InChI=1S/C25H28N4O2/c1-18-6-10-22(11-7-18)29-17-20(16-23(29)30)25-26-24(27-31-25)19-8-12-21(13-9-19)28-14-4-2-3-5-15-28/h6-13,20H,2-5,14-17H2,1H3/t20-/m0/s1. The number of hydrogen-bond donors (Lipinski definition) is 0. The lowest BCUT2D eigenvalue weighted by Crippen LogP contribution is -2.24. The van der Waals surface area contributed by atoms with E-state index in [1.54, 1.807) is 0 Å².